The van der Waals surface area contributed by atoms with E-state index in [0.29, 0.717) is 36.6 Å². The summed E-state index contributed by atoms with van der Waals surface area (Å²) in [6, 6.07) is 9.46. The summed E-state index contributed by atoms with van der Waals surface area (Å²) in [6.45, 7) is 2.49. The Kier molecular flexibility index (Phi) is 4.78. The van der Waals surface area contributed by atoms with Crippen molar-refractivity contribution in [3.8, 4) is 6.01 Å². The zero-order valence-electron chi connectivity index (χ0n) is 13.8. The molecular formula is C17H19N5O3. The monoisotopic (exact) mass is 341 g/mol. The van der Waals surface area contributed by atoms with Crippen LogP contribution in [0.15, 0.2) is 30.3 Å². The number of hydrogen-bond donors (Lipinski definition) is 2. The zero-order chi connectivity index (χ0) is 17.8. The molecule has 0 aliphatic heterocycles. The number of aryl methyl sites for hydroxylation is 1. The molecule has 2 heterocycles. The summed E-state index contributed by atoms with van der Waals surface area (Å²) in [7, 11) is 0. The Morgan fingerprint density at radius 1 is 1.24 bits per heavy atom. The maximum Gasteiger partial charge on any atom is 0.306 e. The maximum atomic E-state index is 11.5. The number of ether oxygens (including phenoxy) is 1. The Labute approximate surface area is 144 Å². The van der Waals surface area contributed by atoms with Crippen LogP contribution >= 0.6 is 0 Å². The predicted octanol–water partition coefficient (Wildman–Crippen LogP) is 1.66. The molecule has 3 N–H and O–H groups in total. The minimum absolute atomic E-state index is 0.164. The molecule has 0 amide bonds. The lowest BCUT2D eigenvalue weighted by molar-refractivity contribution is -0.143. The Hall–Kier alpha value is -3.16. The summed E-state index contributed by atoms with van der Waals surface area (Å²) in [5, 5.41) is 10.2. The minimum Gasteiger partial charge on any atom is -0.480 e. The number of imidazole rings is 1. The minimum atomic E-state index is -0.314. The van der Waals surface area contributed by atoms with E-state index in [1.54, 1.807) is 11.5 Å². The number of benzene rings is 1. The highest BCUT2D eigenvalue weighted by Gasteiger charge is 2.17. The molecule has 8 heteroatoms. The number of fused-ring (bicyclic) bond motifs is 1. The van der Waals surface area contributed by atoms with Gasteiger partial charge in [0.1, 0.15) is 5.82 Å². The van der Waals surface area contributed by atoms with Crippen molar-refractivity contribution in [3.05, 3.63) is 41.7 Å². The number of carbonyl (C=O) groups is 1. The third-order valence-corrected chi connectivity index (χ3v) is 3.69. The second-order valence-corrected chi connectivity index (χ2v) is 5.49. The van der Waals surface area contributed by atoms with E-state index < -0.39 is 0 Å². The molecule has 0 fully saturated rings. The van der Waals surface area contributed by atoms with Gasteiger partial charge in [0, 0.05) is 6.42 Å². The van der Waals surface area contributed by atoms with Crippen molar-refractivity contribution in [2.75, 3.05) is 12.3 Å². The summed E-state index contributed by atoms with van der Waals surface area (Å²) in [6.07, 6.45) is 0.466. The lowest BCUT2D eigenvalue weighted by Gasteiger charge is -2.07. The number of aromatic nitrogens is 4. The number of esters is 1. The van der Waals surface area contributed by atoms with Gasteiger partial charge >= 0.3 is 5.97 Å². The van der Waals surface area contributed by atoms with Crippen molar-refractivity contribution in [2.24, 2.45) is 0 Å². The highest BCUT2D eigenvalue weighted by molar-refractivity contribution is 5.83. The largest absolute Gasteiger partial charge is 0.480 e. The SMILES string of the molecule is CCOC(=O)CCc1nc(N)c2nc(O)n(Cc3ccccc3)c2n1. The molecule has 3 rings (SSSR count). The van der Waals surface area contributed by atoms with Gasteiger partial charge in [-0.05, 0) is 12.5 Å². The highest BCUT2D eigenvalue weighted by atomic mass is 16.5. The van der Waals surface area contributed by atoms with Gasteiger partial charge < -0.3 is 15.6 Å². The van der Waals surface area contributed by atoms with Crippen molar-refractivity contribution in [3.63, 3.8) is 0 Å². The van der Waals surface area contributed by atoms with Gasteiger partial charge in [0.2, 0.25) is 0 Å². The highest BCUT2D eigenvalue weighted by Crippen LogP contribution is 2.24. The van der Waals surface area contributed by atoms with E-state index in [0.717, 1.165) is 5.56 Å². The number of aromatic hydroxyl groups is 1. The van der Waals surface area contributed by atoms with Crippen LogP contribution in [0.2, 0.25) is 0 Å². The van der Waals surface area contributed by atoms with Crippen LogP contribution in [0, 0.1) is 0 Å². The summed E-state index contributed by atoms with van der Waals surface area (Å²) in [5.41, 5.74) is 7.71. The first kappa shape index (κ1) is 16.7. The van der Waals surface area contributed by atoms with Crippen LogP contribution in [0.3, 0.4) is 0 Å². The van der Waals surface area contributed by atoms with Gasteiger partial charge in [0.15, 0.2) is 17.0 Å². The van der Waals surface area contributed by atoms with E-state index in [1.807, 2.05) is 30.3 Å². The van der Waals surface area contributed by atoms with Crippen molar-refractivity contribution in [1.29, 1.82) is 0 Å². The zero-order valence-corrected chi connectivity index (χ0v) is 13.8. The van der Waals surface area contributed by atoms with Crippen molar-refractivity contribution in [1.82, 2.24) is 19.5 Å². The van der Waals surface area contributed by atoms with E-state index in [1.165, 1.54) is 0 Å². The lowest BCUT2D eigenvalue weighted by Crippen LogP contribution is -2.09. The number of hydrogen-bond acceptors (Lipinski definition) is 7. The molecule has 0 radical (unpaired) electrons. The summed E-state index contributed by atoms with van der Waals surface area (Å²) in [5.74, 6) is 0.267. The molecule has 0 saturated carbocycles. The topological polar surface area (TPSA) is 116 Å². The fraction of sp³-hybridized carbons (Fsp3) is 0.294. The first-order valence-electron chi connectivity index (χ1n) is 7.99. The number of anilines is 1. The molecule has 0 spiro atoms. The summed E-state index contributed by atoms with van der Waals surface area (Å²) < 4.78 is 6.47. The second-order valence-electron chi connectivity index (χ2n) is 5.49. The molecule has 0 saturated heterocycles. The van der Waals surface area contributed by atoms with Gasteiger partial charge in [-0.1, -0.05) is 30.3 Å². The summed E-state index contributed by atoms with van der Waals surface area (Å²) >= 11 is 0. The Morgan fingerprint density at radius 2 is 2.00 bits per heavy atom. The lowest BCUT2D eigenvalue weighted by atomic mass is 10.2. The van der Waals surface area contributed by atoms with E-state index >= 15 is 0 Å². The molecule has 0 aliphatic carbocycles. The van der Waals surface area contributed by atoms with Crippen molar-refractivity contribution >= 4 is 23.0 Å². The predicted molar refractivity (Wildman–Crippen MR) is 91.9 cm³/mol. The Morgan fingerprint density at radius 3 is 2.72 bits per heavy atom. The second kappa shape index (κ2) is 7.16. The molecule has 2 aromatic heterocycles. The molecule has 0 bridgehead atoms. The van der Waals surface area contributed by atoms with Gasteiger partial charge in [0.25, 0.3) is 6.01 Å². The molecule has 0 unspecified atom stereocenters. The number of nitrogens with two attached hydrogens (primary N) is 1. The van der Waals surface area contributed by atoms with E-state index in [2.05, 4.69) is 15.0 Å². The van der Waals surface area contributed by atoms with Crippen LogP contribution in [0.1, 0.15) is 24.7 Å². The van der Waals surface area contributed by atoms with Gasteiger partial charge in [-0.15, -0.1) is 0 Å². The van der Waals surface area contributed by atoms with Gasteiger partial charge in [-0.25, -0.2) is 9.97 Å². The molecule has 1 aromatic carbocycles. The normalized spacial score (nSPS) is 10.9. The third-order valence-electron chi connectivity index (χ3n) is 3.69. The van der Waals surface area contributed by atoms with Crippen molar-refractivity contribution < 1.29 is 14.6 Å². The van der Waals surface area contributed by atoms with Crippen LogP contribution < -0.4 is 5.73 Å². The third kappa shape index (κ3) is 3.68. The average molecular weight is 341 g/mol. The number of carbonyl (C=O) groups excluding carboxylic acids is 1. The standard InChI is InChI=1S/C17H19N5O3/c1-2-25-13(23)9-8-12-19-15(18)14-16(20-12)22(17(24)21-14)10-11-6-4-3-5-7-11/h3-7H,2,8-10H2,1H3,(H,21,24)(H2,18,19,20). The fourth-order valence-electron chi connectivity index (χ4n) is 2.53. The number of nitrogens with zero attached hydrogens (tertiary/aromatic N) is 4. The molecule has 25 heavy (non-hydrogen) atoms. The fourth-order valence-corrected chi connectivity index (χ4v) is 2.53. The first-order valence-corrected chi connectivity index (χ1v) is 7.99. The molecule has 8 nitrogen and oxygen atoms in total. The molecule has 3 aromatic rings. The Bertz CT molecular complexity index is 892. The van der Waals surface area contributed by atoms with E-state index in [-0.39, 0.29) is 24.2 Å². The average Bonchev–Trinajstić information content (AvgIpc) is 2.91. The number of nitrogen functional groups attached to an aromatic ring is 1. The van der Waals surface area contributed by atoms with Gasteiger partial charge in [-0.3, -0.25) is 9.36 Å². The van der Waals surface area contributed by atoms with Crippen molar-refractivity contribution in [2.45, 2.75) is 26.3 Å². The molecule has 130 valence electrons. The number of rotatable bonds is 6. The smallest absolute Gasteiger partial charge is 0.306 e. The van der Waals surface area contributed by atoms with Gasteiger partial charge in [0.05, 0.1) is 19.6 Å². The Balaban J connectivity index is 1.92. The molecule has 0 atom stereocenters. The summed E-state index contributed by atoms with van der Waals surface area (Å²) in [4.78, 5) is 24.2. The van der Waals surface area contributed by atoms with Crippen LogP contribution in [0.25, 0.3) is 11.2 Å². The van der Waals surface area contributed by atoms with E-state index in [4.69, 9.17) is 10.5 Å². The van der Waals surface area contributed by atoms with Gasteiger partial charge in [-0.2, -0.15) is 4.98 Å². The maximum absolute atomic E-state index is 11.5. The van der Waals surface area contributed by atoms with Crippen LogP contribution in [0.4, 0.5) is 5.82 Å². The van der Waals surface area contributed by atoms with Crippen LogP contribution in [0.5, 0.6) is 6.01 Å². The van der Waals surface area contributed by atoms with Crippen LogP contribution in [-0.2, 0) is 22.5 Å². The molecule has 0 aliphatic rings. The van der Waals surface area contributed by atoms with E-state index in [9.17, 15) is 9.90 Å². The first-order chi connectivity index (χ1) is 12.1. The quantitative estimate of drug-likeness (QED) is 0.655. The van der Waals surface area contributed by atoms with Crippen LogP contribution in [-0.4, -0.2) is 37.2 Å². The molecular weight excluding hydrogens is 322 g/mol.